The van der Waals surface area contributed by atoms with Gasteiger partial charge in [-0.25, -0.2) is 4.68 Å². The molecule has 2 aromatic heterocycles. The molecule has 0 radical (unpaired) electrons. The third-order valence-electron chi connectivity index (χ3n) is 4.40. The fourth-order valence-corrected chi connectivity index (χ4v) is 3.04. The molecule has 6 nitrogen and oxygen atoms in total. The summed E-state index contributed by atoms with van der Waals surface area (Å²) in [6, 6.07) is 19.9. The maximum Gasteiger partial charge on any atom is 0.241 e. The molecule has 1 amide bonds. The van der Waals surface area contributed by atoms with Crippen LogP contribution in [-0.2, 0) is 17.9 Å². The summed E-state index contributed by atoms with van der Waals surface area (Å²) in [4.78, 5) is 12.3. The van der Waals surface area contributed by atoms with Gasteiger partial charge in [0.1, 0.15) is 6.54 Å². The molecule has 140 valence electrons. The molecule has 6 heteroatoms. The Morgan fingerprint density at radius 3 is 2.39 bits per heavy atom. The van der Waals surface area contributed by atoms with Crippen molar-refractivity contribution in [1.29, 1.82) is 0 Å². The molecular weight excluding hydrogens is 350 g/mol. The van der Waals surface area contributed by atoms with Gasteiger partial charge in [-0.2, -0.15) is 10.2 Å². The number of nitrogens with zero attached hydrogens (tertiary/aromatic N) is 4. The first-order valence-corrected chi connectivity index (χ1v) is 9.14. The number of aryl methyl sites for hydroxylation is 1. The molecule has 4 rings (SSSR count). The molecule has 0 spiro atoms. The highest BCUT2D eigenvalue weighted by atomic mass is 16.2. The first-order chi connectivity index (χ1) is 13.7. The summed E-state index contributed by atoms with van der Waals surface area (Å²) in [5.41, 5.74) is 4.84. The Kier molecular flexibility index (Phi) is 5.01. The van der Waals surface area contributed by atoms with E-state index in [0.29, 0.717) is 6.54 Å². The van der Waals surface area contributed by atoms with Crippen molar-refractivity contribution in [2.45, 2.75) is 20.0 Å². The third-order valence-corrected chi connectivity index (χ3v) is 4.40. The van der Waals surface area contributed by atoms with E-state index in [1.807, 2.05) is 84.7 Å². The Hall–Kier alpha value is -3.67. The smallest absolute Gasteiger partial charge is 0.241 e. The number of benzene rings is 2. The highest BCUT2D eigenvalue weighted by Crippen LogP contribution is 2.23. The molecular formula is C22H21N5O. The van der Waals surface area contributed by atoms with Gasteiger partial charge in [-0.3, -0.25) is 9.48 Å². The van der Waals surface area contributed by atoms with Crippen LogP contribution in [0.25, 0.3) is 16.9 Å². The summed E-state index contributed by atoms with van der Waals surface area (Å²) < 4.78 is 3.48. The van der Waals surface area contributed by atoms with Crippen molar-refractivity contribution < 1.29 is 4.79 Å². The Morgan fingerprint density at radius 1 is 1.00 bits per heavy atom. The average Bonchev–Trinajstić information content (AvgIpc) is 3.34. The zero-order valence-corrected chi connectivity index (χ0v) is 15.6. The third kappa shape index (κ3) is 4.01. The van der Waals surface area contributed by atoms with Gasteiger partial charge in [-0.15, -0.1) is 0 Å². The molecule has 0 unspecified atom stereocenters. The fraction of sp³-hybridized carbons (Fsp3) is 0.136. The monoisotopic (exact) mass is 371 g/mol. The van der Waals surface area contributed by atoms with Crippen LogP contribution in [0.15, 0.2) is 79.3 Å². The number of hydrogen-bond donors (Lipinski definition) is 1. The van der Waals surface area contributed by atoms with Crippen molar-refractivity contribution in [3.63, 3.8) is 0 Å². The Bertz CT molecular complexity index is 1070. The van der Waals surface area contributed by atoms with Crippen LogP contribution in [0, 0.1) is 6.92 Å². The SMILES string of the molecule is Cc1cnn(CC(=O)NCc2cn(-c3ccccc3)nc2-c2ccccc2)c1. The van der Waals surface area contributed by atoms with Gasteiger partial charge in [0.05, 0.1) is 17.6 Å². The first kappa shape index (κ1) is 17.7. The first-order valence-electron chi connectivity index (χ1n) is 9.14. The molecule has 0 saturated heterocycles. The zero-order chi connectivity index (χ0) is 19.3. The van der Waals surface area contributed by atoms with Gasteiger partial charge in [0, 0.05) is 30.1 Å². The molecule has 0 bridgehead atoms. The highest BCUT2D eigenvalue weighted by Gasteiger charge is 2.13. The van der Waals surface area contributed by atoms with Crippen molar-refractivity contribution in [2.24, 2.45) is 0 Å². The molecule has 28 heavy (non-hydrogen) atoms. The topological polar surface area (TPSA) is 64.7 Å². The number of rotatable bonds is 6. The molecule has 2 aromatic carbocycles. The minimum absolute atomic E-state index is 0.0884. The second kappa shape index (κ2) is 7.92. The number of carbonyl (C=O) groups is 1. The van der Waals surface area contributed by atoms with Crippen LogP contribution in [0.2, 0.25) is 0 Å². The van der Waals surface area contributed by atoms with Crippen molar-refractivity contribution in [2.75, 3.05) is 0 Å². The average molecular weight is 371 g/mol. The Morgan fingerprint density at radius 2 is 1.71 bits per heavy atom. The second-order valence-electron chi connectivity index (χ2n) is 6.64. The predicted octanol–water partition coefficient (Wildman–Crippen LogP) is 3.36. The van der Waals surface area contributed by atoms with Crippen LogP contribution >= 0.6 is 0 Å². The van der Waals surface area contributed by atoms with E-state index in [1.165, 1.54) is 0 Å². The van der Waals surface area contributed by atoms with E-state index in [1.54, 1.807) is 10.9 Å². The summed E-state index contributed by atoms with van der Waals surface area (Å²) in [5, 5.41) is 11.9. The molecule has 0 aliphatic carbocycles. The van der Waals surface area contributed by atoms with Gasteiger partial charge >= 0.3 is 0 Å². The molecule has 0 fully saturated rings. The van der Waals surface area contributed by atoms with Gasteiger partial charge in [0.15, 0.2) is 0 Å². The minimum atomic E-state index is -0.0884. The van der Waals surface area contributed by atoms with E-state index in [4.69, 9.17) is 5.10 Å². The van der Waals surface area contributed by atoms with Crippen LogP contribution < -0.4 is 5.32 Å². The van der Waals surface area contributed by atoms with E-state index < -0.39 is 0 Å². The molecule has 4 aromatic rings. The number of aromatic nitrogens is 4. The van der Waals surface area contributed by atoms with Gasteiger partial charge < -0.3 is 5.32 Å². The van der Waals surface area contributed by atoms with E-state index >= 15 is 0 Å². The number of nitrogens with one attached hydrogen (secondary N) is 1. The van der Waals surface area contributed by atoms with Crippen molar-refractivity contribution in [1.82, 2.24) is 24.9 Å². The molecule has 1 N–H and O–H groups in total. The lowest BCUT2D eigenvalue weighted by molar-refractivity contribution is -0.122. The number of amides is 1. The number of para-hydroxylation sites is 1. The van der Waals surface area contributed by atoms with Crippen LogP contribution in [0.5, 0.6) is 0 Å². The predicted molar refractivity (Wildman–Crippen MR) is 108 cm³/mol. The quantitative estimate of drug-likeness (QED) is 0.565. The zero-order valence-electron chi connectivity index (χ0n) is 15.6. The lowest BCUT2D eigenvalue weighted by Crippen LogP contribution is -2.27. The summed E-state index contributed by atoms with van der Waals surface area (Å²) >= 11 is 0. The van der Waals surface area contributed by atoms with Gasteiger partial charge in [-0.1, -0.05) is 48.5 Å². The molecule has 0 atom stereocenters. The van der Waals surface area contributed by atoms with Gasteiger partial charge in [-0.05, 0) is 24.6 Å². The van der Waals surface area contributed by atoms with E-state index in [2.05, 4.69) is 10.4 Å². The molecule has 0 aliphatic heterocycles. The molecule has 0 saturated carbocycles. The van der Waals surface area contributed by atoms with Gasteiger partial charge in [0.2, 0.25) is 5.91 Å². The van der Waals surface area contributed by atoms with E-state index in [0.717, 1.165) is 28.1 Å². The summed E-state index contributed by atoms with van der Waals surface area (Å²) in [6.07, 6.45) is 5.56. The van der Waals surface area contributed by atoms with Crippen molar-refractivity contribution in [3.8, 4) is 16.9 Å². The fourth-order valence-electron chi connectivity index (χ4n) is 3.04. The Balaban J connectivity index is 1.56. The standard InChI is InChI=1S/C22H21N5O/c1-17-12-24-26(14-17)16-21(28)23-13-19-15-27(20-10-6-3-7-11-20)25-22(19)18-8-4-2-5-9-18/h2-12,14-15H,13,16H2,1H3,(H,23,28). The lowest BCUT2D eigenvalue weighted by atomic mass is 10.1. The highest BCUT2D eigenvalue weighted by molar-refractivity contribution is 5.76. The second-order valence-corrected chi connectivity index (χ2v) is 6.64. The minimum Gasteiger partial charge on any atom is -0.350 e. The number of hydrogen-bond acceptors (Lipinski definition) is 3. The number of carbonyl (C=O) groups excluding carboxylic acids is 1. The van der Waals surface area contributed by atoms with E-state index in [-0.39, 0.29) is 12.5 Å². The Labute approximate surface area is 163 Å². The maximum absolute atomic E-state index is 12.3. The molecule has 2 heterocycles. The van der Waals surface area contributed by atoms with E-state index in [9.17, 15) is 4.79 Å². The van der Waals surface area contributed by atoms with Crippen LogP contribution in [-0.4, -0.2) is 25.5 Å². The van der Waals surface area contributed by atoms with Crippen molar-refractivity contribution >= 4 is 5.91 Å². The van der Waals surface area contributed by atoms with Crippen LogP contribution in [0.3, 0.4) is 0 Å². The van der Waals surface area contributed by atoms with Crippen LogP contribution in [0.4, 0.5) is 0 Å². The van der Waals surface area contributed by atoms with Crippen LogP contribution in [0.1, 0.15) is 11.1 Å². The normalized spacial score (nSPS) is 10.8. The van der Waals surface area contributed by atoms with Crippen molar-refractivity contribution in [3.05, 3.63) is 90.4 Å². The summed E-state index contributed by atoms with van der Waals surface area (Å²) in [6.45, 7) is 2.54. The van der Waals surface area contributed by atoms with Gasteiger partial charge in [0.25, 0.3) is 0 Å². The lowest BCUT2D eigenvalue weighted by Gasteiger charge is -2.06. The molecule has 0 aliphatic rings. The summed E-state index contributed by atoms with van der Waals surface area (Å²) in [5.74, 6) is -0.0884. The largest absolute Gasteiger partial charge is 0.350 e. The maximum atomic E-state index is 12.3. The summed E-state index contributed by atoms with van der Waals surface area (Å²) in [7, 11) is 0.